The largest absolute Gasteiger partial charge is 0.462 e. The van der Waals surface area contributed by atoms with Crippen LogP contribution in [-0.4, -0.2) is 37.2 Å². The molecular weight excluding hydrogens is 925 g/mol. The first-order chi connectivity index (χ1) is 37.0. The van der Waals surface area contributed by atoms with Crippen LogP contribution in [0.25, 0.3) is 0 Å². The van der Waals surface area contributed by atoms with Crippen LogP contribution in [0, 0.1) is 0 Å². The Hall–Kier alpha value is -5.23. The third-order valence-electron chi connectivity index (χ3n) is 11.7. The van der Waals surface area contributed by atoms with Crippen molar-refractivity contribution in [2.24, 2.45) is 0 Å². The Labute approximate surface area is 460 Å². The summed E-state index contributed by atoms with van der Waals surface area (Å²) in [5.74, 6) is -1.02. The molecule has 6 nitrogen and oxygen atoms in total. The average molecular weight is 1030 g/mol. The van der Waals surface area contributed by atoms with Gasteiger partial charge in [-0.15, -0.1) is 0 Å². The van der Waals surface area contributed by atoms with Crippen molar-refractivity contribution in [1.82, 2.24) is 0 Å². The van der Waals surface area contributed by atoms with Gasteiger partial charge in [0.15, 0.2) is 6.10 Å². The molecule has 0 amide bonds. The van der Waals surface area contributed by atoms with E-state index in [0.29, 0.717) is 19.3 Å². The highest BCUT2D eigenvalue weighted by atomic mass is 16.6. The number of ether oxygens (including phenoxy) is 3. The maximum absolute atomic E-state index is 12.9. The number of hydrogen-bond donors (Lipinski definition) is 0. The minimum atomic E-state index is -0.828. The van der Waals surface area contributed by atoms with Crippen LogP contribution in [0.15, 0.2) is 170 Å². The van der Waals surface area contributed by atoms with Crippen LogP contribution in [0.4, 0.5) is 0 Å². The molecule has 418 valence electrons. The molecule has 6 heteroatoms. The zero-order valence-electron chi connectivity index (χ0n) is 47.7. The molecule has 0 aromatic heterocycles. The van der Waals surface area contributed by atoms with Gasteiger partial charge in [-0.3, -0.25) is 14.4 Å². The molecule has 1 unspecified atom stereocenters. The molecular formula is C69H106O6. The predicted octanol–water partition coefficient (Wildman–Crippen LogP) is 20.3. The number of allylic oxidation sites excluding steroid dienone is 28. The van der Waals surface area contributed by atoms with Crippen molar-refractivity contribution in [1.29, 1.82) is 0 Å². The summed E-state index contributed by atoms with van der Waals surface area (Å²) >= 11 is 0. The Bertz CT molecular complexity index is 1750. The van der Waals surface area contributed by atoms with Gasteiger partial charge in [0.05, 0.1) is 0 Å². The van der Waals surface area contributed by atoms with E-state index >= 15 is 0 Å². The van der Waals surface area contributed by atoms with Gasteiger partial charge in [-0.1, -0.05) is 229 Å². The molecule has 0 aliphatic rings. The van der Waals surface area contributed by atoms with E-state index in [1.165, 1.54) is 25.7 Å². The average Bonchev–Trinajstić information content (AvgIpc) is 3.41. The first kappa shape index (κ1) is 69.8. The lowest BCUT2D eigenvalue weighted by molar-refractivity contribution is -0.167. The Morgan fingerprint density at radius 1 is 0.280 bits per heavy atom. The fourth-order valence-corrected chi connectivity index (χ4v) is 7.29. The van der Waals surface area contributed by atoms with E-state index in [1.807, 2.05) is 0 Å². The number of hydrogen-bond acceptors (Lipinski definition) is 6. The van der Waals surface area contributed by atoms with Crippen molar-refractivity contribution in [2.45, 2.75) is 232 Å². The van der Waals surface area contributed by atoms with Crippen LogP contribution in [0.3, 0.4) is 0 Å². The maximum Gasteiger partial charge on any atom is 0.306 e. The number of carbonyl (C=O) groups is 3. The van der Waals surface area contributed by atoms with E-state index in [0.717, 1.165) is 154 Å². The van der Waals surface area contributed by atoms with Gasteiger partial charge in [-0.2, -0.15) is 0 Å². The second-order valence-electron chi connectivity index (χ2n) is 18.8. The van der Waals surface area contributed by atoms with E-state index in [9.17, 15) is 14.4 Å². The molecule has 0 aromatic carbocycles. The molecule has 0 rings (SSSR count). The lowest BCUT2D eigenvalue weighted by atomic mass is 10.1. The summed E-state index contributed by atoms with van der Waals surface area (Å²) in [7, 11) is 0. The fourth-order valence-electron chi connectivity index (χ4n) is 7.29. The molecule has 0 fully saturated rings. The zero-order valence-corrected chi connectivity index (χ0v) is 47.7. The van der Waals surface area contributed by atoms with Crippen molar-refractivity contribution in [3.63, 3.8) is 0 Å². The summed E-state index contributed by atoms with van der Waals surface area (Å²) < 4.78 is 16.8. The summed E-state index contributed by atoms with van der Waals surface area (Å²) in [6.45, 7) is 6.28. The standard InChI is InChI=1S/C69H106O6/c1-4-7-10-13-16-19-22-24-26-28-30-32-33-34-35-37-38-40-42-44-47-50-53-56-59-62-68(71)74-65-66(64-73-67(70)61-58-55-52-49-46-21-18-15-12-9-6-3)75-69(72)63-60-57-54-51-48-45-43-41-39-36-31-29-27-25-23-20-17-14-11-8-5-2/h7-8,10-11,15-20,24-27,30-32,34-36,38,40-41,43-44,47-48,51,66H,4-6,9,12-14,21-23,28-29,33,37,39,42,45-46,49-50,52-65H2,1-3H3/b10-7-,11-8-,18-15-,19-16-,20-17-,26-24-,27-25-,32-30-,35-34-,36-31-,40-38-,43-41-,47-44-,51-48-. The molecule has 0 saturated carbocycles. The molecule has 75 heavy (non-hydrogen) atoms. The van der Waals surface area contributed by atoms with Gasteiger partial charge in [0.1, 0.15) is 13.2 Å². The SMILES string of the molecule is CC/C=C\C/C=C\C/C=C\C/C=C\C/C=C\C/C=C\C/C=C\CCCCCC(=O)OCC(COC(=O)CCCCCCC/C=C\CCCC)OC(=O)CCCC/C=C\C/C=C\C/C=C\C/C=C\C/C=C\C/C=C\CC. The minimum absolute atomic E-state index is 0.119. The summed E-state index contributed by atoms with van der Waals surface area (Å²) in [6.07, 6.45) is 90.6. The lowest BCUT2D eigenvalue weighted by Crippen LogP contribution is -2.30. The third-order valence-corrected chi connectivity index (χ3v) is 11.7. The Morgan fingerprint density at radius 2 is 0.520 bits per heavy atom. The molecule has 0 bridgehead atoms. The van der Waals surface area contributed by atoms with E-state index in [2.05, 4.69) is 191 Å². The highest BCUT2D eigenvalue weighted by molar-refractivity contribution is 5.71. The highest BCUT2D eigenvalue weighted by Crippen LogP contribution is 2.12. The normalized spacial score (nSPS) is 13.4. The van der Waals surface area contributed by atoms with Crippen LogP contribution < -0.4 is 0 Å². The van der Waals surface area contributed by atoms with Crippen LogP contribution in [0.5, 0.6) is 0 Å². The topological polar surface area (TPSA) is 78.9 Å². The summed E-state index contributed by atoms with van der Waals surface area (Å²) in [4.78, 5) is 38.2. The molecule has 0 aromatic rings. The van der Waals surface area contributed by atoms with Crippen LogP contribution in [-0.2, 0) is 28.6 Å². The second kappa shape index (κ2) is 61.3. The third kappa shape index (κ3) is 59.5. The van der Waals surface area contributed by atoms with Gasteiger partial charge in [0.2, 0.25) is 0 Å². The van der Waals surface area contributed by atoms with Crippen molar-refractivity contribution < 1.29 is 28.6 Å². The van der Waals surface area contributed by atoms with Crippen LogP contribution in [0.2, 0.25) is 0 Å². The molecule has 0 aliphatic heterocycles. The summed E-state index contributed by atoms with van der Waals surface area (Å²) in [5.41, 5.74) is 0. The first-order valence-electron chi connectivity index (χ1n) is 29.6. The van der Waals surface area contributed by atoms with Crippen molar-refractivity contribution in [2.75, 3.05) is 13.2 Å². The summed E-state index contributed by atoms with van der Waals surface area (Å²) in [6, 6.07) is 0. The molecule has 0 spiro atoms. The molecule has 0 heterocycles. The highest BCUT2D eigenvalue weighted by Gasteiger charge is 2.19. The van der Waals surface area contributed by atoms with Gasteiger partial charge in [-0.25, -0.2) is 0 Å². The number of carbonyl (C=O) groups excluding carboxylic acids is 3. The zero-order chi connectivity index (χ0) is 54.3. The van der Waals surface area contributed by atoms with E-state index in [4.69, 9.17) is 14.2 Å². The minimum Gasteiger partial charge on any atom is -0.462 e. The molecule has 0 aliphatic carbocycles. The fraction of sp³-hybridized carbons (Fsp3) is 0.551. The second-order valence-corrected chi connectivity index (χ2v) is 18.8. The van der Waals surface area contributed by atoms with Gasteiger partial charge >= 0.3 is 17.9 Å². The Morgan fingerprint density at radius 3 is 0.867 bits per heavy atom. The Kier molecular flexibility index (Phi) is 57.0. The van der Waals surface area contributed by atoms with Gasteiger partial charge in [0.25, 0.3) is 0 Å². The van der Waals surface area contributed by atoms with Gasteiger partial charge in [-0.05, 0) is 148 Å². The number of unbranched alkanes of at least 4 members (excludes halogenated alkanes) is 12. The summed E-state index contributed by atoms with van der Waals surface area (Å²) in [5, 5.41) is 0. The van der Waals surface area contributed by atoms with Gasteiger partial charge in [0, 0.05) is 19.3 Å². The monoisotopic (exact) mass is 1030 g/mol. The molecule has 0 saturated heterocycles. The van der Waals surface area contributed by atoms with Crippen molar-refractivity contribution in [3.05, 3.63) is 170 Å². The van der Waals surface area contributed by atoms with Crippen LogP contribution in [0.1, 0.15) is 226 Å². The quantitative estimate of drug-likeness (QED) is 0.0261. The molecule has 1 atom stereocenters. The van der Waals surface area contributed by atoms with Gasteiger partial charge < -0.3 is 14.2 Å². The molecule has 0 N–H and O–H groups in total. The van der Waals surface area contributed by atoms with Crippen LogP contribution >= 0.6 is 0 Å². The first-order valence-corrected chi connectivity index (χ1v) is 29.6. The Balaban J connectivity index is 4.51. The molecule has 0 radical (unpaired) electrons. The lowest BCUT2D eigenvalue weighted by Gasteiger charge is -2.18. The number of rotatable bonds is 51. The number of esters is 3. The predicted molar refractivity (Wildman–Crippen MR) is 325 cm³/mol. The van der Waals surface area contributed by atoms with E-state index < -0.39 is 6.10 Å². The van der Waals surface area contributed by atoms with Crippen molar-refractivity contribution in [3.8, 4) is 0 Å². The maximum atomic E-state index is 12.9. The smallest absolute Gasteiger partial charge is 0.306 e. The van der Waals surface area contributed by atoms with E-state index in [1.54, 1.807) is 0 Å². The van der Waals surface area contributed by atoms with Crippen molar-refractivity contribution >= 4 is 17.9 Å². The van der Waals surface area contributed by atoms with E-state index in [-0.39, 0.29) is 37.5 Å².